The van der Waals surface area contributed by atoms with Gasteiger partial charge in [0.1, 0.15) is 11.5 Å². The van der Waals surface area contributed by atoms with Crippen molar-refractivity contribution in [2.45, 2.75) is 57.5 Å². The van der Waals surface area contributed by atoms with Crippen molar-refractivity contribution in [3.8, 4) is 11.5 Å². The normalized spacial score (nSPS) is 18.3. The average Bonchev–Trinajstić information content (AvgIpc) is 3.21. The van der Waals surface area contributed by atoms with E-state index in [2.05, 4.69) is 4.90 Å². The van der Waals surface area contributed by atoms with Crippen molar-refractivity contribution in [2.75, 3.05) is 14.2 Å². The smallest absolute Gasteiger partial charge is 0.254 e. The number of benzene rings is 1. The number of rotatable bonds is 5. The molecule has 3 rings (SSSR count). The topological polar surface area (TPSA) is 38.8 Å². The van der Waals surface area contributed by atoms with Crippen LogP contribution >= 0.6 is 0 Å². The number of hydrogen-bond acceptors (Lipinski definition) is 3. The highest BCUT2D eigenvalue weighted by atomic mass is 16.5. The molecule has 0 saturated heterocycles. The van der Waals surface area contributed by atoms with Crippen molar-refractivity contribution >= 4 is 5.91 Å². The minimum Gasteiger partial charge on any atom is -0.496 e. The summed E-state index contributed by atoms with van der Waals surface area (Å²) in [5.41, 5.74) is 1.61. The lowest BCUT2D eigenvalue weighted by atomic mass is 10.1. The van der Waals surface area contributed by atoms with Crippen LogP contribution in [-0.2, 0) is 0 Å². The Kier molecular flexibility index (Phi) is 4.27. The van der Waals surface area contributed by atoms with Gasteiger partial charge in [-0.25, -0.2) is 0 Å². The third-order valence-electron chi connectivity index (χ3n) is 4.89. The van der Waals surface area contributed by atoms with Crippen LogP contribution in [0, 0.1) is 6.92 Å². The van der Waals surface area contributed by atoms with E-state index >= 15 is 0 Å². The van der Waals surface area contributed by atoms with Crippen LogP contribution in [0.5, 0.6) is 11.5 Å². The summed E-state index contributed by atoms with van der Waals surface area (Å²) in [5.74, 6) is 1.56. The van der Waals surface area contributed by atoms with Crippen molar-refractivity contribution in [3.63, 3.8) is 0 Å². The highest BCUT2D eigenvalue weighted by Crippen LogP contribution is 2.37. The Hall–Kier alpha value is -1.71. The molecule has 4 nitrogen and oxygen atoms in total. The summed E-state index contributed by atoms with van der Waals surface area (Å²) in [7, 11) is 3.26. The first-order chi connectivity index (χ1) is 10.7. The summed E-state index contributed by atoms with van der Waals surface area (Å²) in [6.07, 6.45) is 7.04. The maximum Gasteiger partial charge on any atom is 0.254 e. The van der Waals surface area contributed by atoms with Gasteiger partial charge in [0.15, 0.2) is 0 Å². The number of carbonyl (C=O) groups excluding carboxylic acids is 1. The minimum atomic E-state index is 0.131. The molecule has 0 heterocycles. The Morgan fingerprint density at radius 2 is 1.50 bits per heavy atom. The van der Waals surface area contributed by atoms with E-state index in [0.717, 1.165) is 31.2 Å². The maximum absolute atomic E-state index is 13.1. The number of methoxy groups -OCH3 is 2. The van der Waals surface area contributed by atoms with Gasteiger partial charge in [-0.05, 0) is 44.7 Å². The van der Waals surface area contributed by atoms with E-state index in [4.69, 9.17) is 9.47 Å². The predicted octanol–water partition coefficient (Wildman–Crippen LogP) is 3.56. The quantitative estimate of drug-likeness (QED) is 0.835. The predicted molar refractivity (Wildman–Crippen MR) is 85.7 cm³/mol. The monoisotopic (exact) mass is 303 g/mol. The van der Waals surface area contributed by atoms with Crippen LogP contribution in [0.15, 0.2) is 12.1 Å². The molecule has 1 amide bonds. The molecule has 0 N–H and O–H groups in total. The molecule has 0 aliphatic heterocycles. The highest BCUT2D eigenvalue weighted by Gasteiger charge is 2.39. The molecule has 2 aliphatic rings. The van der Waals surface area contributed by atoms with Gasteiger partial charge in [-0.3, -0.25) is 4.79 Å². The van der Waals surface area contributed by atoms with Crippen molar-refractivity contribution in [1.29, 1.82) is 0 Å². The summed E-state index contributed by atoms with van der Waals surface area (Å²) in [6, 6.07) is 4.56. The Bertz CT molecular complexity index is 534. The van der Waals surface area contributed by atoms with Crippen LogP contribution in [0.25, 0.3) is 0 Å². The van der Waals surface area contributed by atoms with Crippen molar-refractivity contribution < 1.29 is 14.3 Å². The summed E-state index contributed by atoms with van der Waals surface area (Å²) >= 11 is 0. The number of ether oxygens (including phenoxy) is 2. The molecule has 2 fully saturated rings. The third-order valence-corrected chi connectivity index (χ3v) is 4.89. The molecule has 22 heavy (non-hydrogen) atoms. The molecule has 0 bridgehead atoms. The van der Waals surface area contributed by atoms with E-state index in [0.29, 0.717) is 29.1 Å². The first kappa shape index (κ1) is 15.2. The molecule has 1 aromatic carbocycles. The lowest BCUT2D eigenvalue weighted by Gasteiger charge is -2.29. The van der Waals surface area contributed by atoms with Crippen LogP contribution in [0.2, 0.25) is 0 Å². The van der Waals surface area contributed by atoms with E-state index in [-0.39, 0.29) is 5.91 Å². The molecule has 0 aromatic heterocycles. The van der Waals surface area contributed by atoms with Gasteiger partial charge in [0.25, 0.3) is 5.91 Å². The van der Waals surface area contributed by atoms with Crippen molar-refractivity contribution in [1.82, 2.24) is 4.90 Å². The van der Waals surface area contributed by atoms with Crippen LogP contribution in [0.3, 0.4) is 0 Å². The van der Waals surface area contributed by atoms with Gasteiger partial charge in [-0.15, -0.1) is 0 Å². The second-order valence-electron chi connectivity index (χ2n) is 6.39. The van der Waals surface area contributed by atoms with Crippen LogP contribution in [-0.4, -0.2) is 37.1 Å². The zero-order valence-corrected chi connectivity index (χ0v) is 13.7. The largest absolute Gasteiger partial charge is 0.496 e. The lowest BCUT2D eigenvalue weighted by Crippen LogP contribution is -2.40. The molecule has 4 heteroatoms. The zero-order chi connectivity index (χ0) is 15.7. The third kappa shape index (κ3) is 2.79. The van der Waals surface area contributed by atoms with Gasteiger partial charge in [0.05, 0.1) is 14.2 Å². The Morgan fingerprint density at radius 3 is 1.95 bits per heavy atom. The maximum atomic E-state index is 13.1. The fourth-order valence-electron chi connectivity index (χ4n) is 3.52. The highest BCUT2D eigenvalue weighted by molar-refractivity contribution is 5.96. The summed E-state index contributed by atoms with van der Waals surface area (Å²) in [6.45, 7) is 1.95. The van der Waals surface area contributed by atoms with Gasteiger partial charge >= 0.3 is 0 Å². The Balaban J connectivity index is 1.92. The van der Waals surface area contributed by atoms with E-state index in [1.807, 2.05) is 19.1 Å². The molecule has 0 unspecified atom stereocenters. The molecular weight excluding hydrogens is 278 g/mol. The standard InChI is InChI=1S/C18H25NO3/c1-12-16(21-2)10-13(11-17(12)22-3)18(20)19(15-8-9-15)14-6-4-5-7-14/h10-11,14-15H,4-9H2,1-3H3. The Morgan fingerprint density at radius 1 is 1.00 bits per heavy atom. The molecule has 2 saturated carbocycles. The van der Waals surface area contributed by atoms with Gasteiger partial charge in [0, 0.05) is 23.2 Å². The first-order valence-corrected chi connectivity index (χ1v) is 8.21. The van der Waals surface area contributed by atoms with Gasteiger partial charge in [-0.1, -0.05) is 12.8 Å². The molecule has 1 aromatic rings. The second-order valence-corrected chi connectivity index (χ2v) is 6.39. The number of hydrogen-bond donors (Lipinski definition) is 0. The molecule has 2 aliphatic carbocycles. The van der Waals surface area contributed by atoms with E-state index in [9.17, 15) is 4.79 Å². The molecule has 0 atom stereocenters. The van der Waals surface area contributed by atoms with Gasteiger partial charge < -0.3 is 14.4 Å². The Labute approximate surface area is 132 Å². The summed E-state index contributed by atoms with van der Waals surface area (Å²) in [4.78, 5) is 15.2. The lowest BCUT2D eigenvalue weighted by molar-refractivity contribution is 0.0663. The molecule has 0 radical (unpaired) electrons. The fourth-order valence-corrected chi connectivity index (χ4v) is 3.52. The fraction of sp³-hybridized carbons (Fsp3) is 0.611. The van der Waals surface area contributed by atoms with E-state index in [1.54, 1.807) is 14.2 Å². The number of amides is 1. The van der Waals surface area contributed by atoms with Crippen LogP contribution < -0.4 is 9.47 Å². The SMILES string of the molecule is COc1cc(C(=O)N(C2CCCC2)C2CC2)cc(OC)c1C. The van der Waals surface area contributed by atoms with Crippen molar-refractivity contribution in [2.24, 2.45) is 0 Å². The summed E-state index contributed by atoms with van der Waals surface area (Å²) in [5, 5.41) is 0. The first-order valence-electron chi connectivity index (χ1n) is 8.21. The number of carbonyl (C=O) groups is 1. The van der Waals surface area contributed by atoms with E-state index < -0.39 is 0 Å². The zero-order valence-electron chi connectivity index (χ0n) is 13.7. The number of nitrogens with zero attached hydrogens (tertiary/aromatic N) is 1. The average molecular weight is 303 g/mol. The van der Waals surface area contributed by atoms with Crippen LogP contribution in [0.1, 0.15) is 54.4 Å². The second kappa shape index (κ2) is 6.19. The summed E-state index contributed by atoms with van der Waals surface area (Å²) < 4.78 is 10.8. The molecular formula is C18H25NO3. The van der Waals surface area contributed by atoms with Gasteiger partial charge in [0.2, 0.25) is 0 Å². The van der Waals surface area contributed by atoms with Crippen LogP contribution in [0.4, 0.5) is 0 Å². The molecule has 0 spiro atoms. The minimum absolute atomic E-state index is 0.131. The molecule has 120 valence electrons. The van der Waals surface area contributed by atoms with E-state index in [1.165, 1.54) is 12.8 Å². The van der Waals surface area contributed by atoms with Gasteiger partial charge in [-0.2, -0.15) is 0 Å². The van der Waals surface area contributed by atoms with Crippen molar-refractivity contribution in [3.05, 3.63) is 23.3 Å².